The standard InChI is InChI=1S/C48H30O30/c49-11-1-7(2-12(50)26(11)54)43(67)76-40-25-24-22(35(63)38(66)36(25)64)21-23-20(33(61)37(65)34(21)62)19-10(5-15(53)29(57)32(19)60)45(69)74-16-6-73-44(68)8-3-13(51)27(55)30(58)17(8)18-9(4-14(52)28(56)31(18)59)46(70)75-39(16)41(77-47(23)71)42(40)78-48(24)72/h1-5,16,39-42,49-66H,6H2/t16-,39-,40+,41+,42+/m1/s1. The maximum absolute atomic E-state index is 15.4. The van der Waals surface area contributed by atoms with Crippen LogP contribution in [0.25, 0.3) is 33.4 Å². The van der Waals surface area contributed by atoms with Gasteiger partial charge in [-0.05, 0) is 30.3 Å². The summed E-state index contributed by atoms with van der Waals surface area (Å²) in [4.78, 5) is 88.5. The fraction of sp³-hybridized carbons (Fsp3) is 0.125. The van der Waals surface area contributed by atoms with Gasteiger partial charge in [0.25, 0.3) is 0 Å². The number of benzene rings is 6. The molecular formula is C48H30O30. The minimum absolute atomic E-state index is 0.272. The molecule has 4 aliphatic heterocycles. The van der Waals surface area contributed by atoms with Gasteiger partial charge in [-0.25, -0.2) is 28.8 Å². The lowest BCUT2D eigenvalue weighted by atomic mass is 9.80. The Kier molecular flexibility index (Phi) is 10.9. The number of fused-ring (bicyclic) bond motifs is 13. The molecule has 4 aliphatic rings. The summed E-state index contributed by atoms with van der Waals surface area (Å²) in [6.07, 6.45) is -14.4. The third-order valence-electron chi connectivity index (χ3n) is 13.0. The zero-order chi connectivity index (χ0) is 56.7. The van der Waals surface area contributed by atoms with Crippen LogP contribution in [0.5, 0.6) is 103 Å². The van der Waals surface area contributed by atoms with Crippen LogP contribution in [0.2, 0.25) is 0 Å². The molecule has 0 saturated carbocycles. The average Bonchev–Trinajstić information content (AvgIpc) is 3.64. The summed E-state index contributed by atoms with van der Waals surface area (Å²) in [6.45, 7) is -1.63. The number of hydrogen-bond donors (Lipinski definition) is 18. The van der Waals surface area contributed by atoms with E-state index in [9.17, 15) is 116 Å². The van der Waals surface area contributed by atoms with E-state index in [1.165, 1.54) is 0 Å². The van der Waals surface area contributed by atoms with Crippen molar-refractivity contribution in [2.75, 3.05) is 6.61 Å². The van der Waals surface area contributed by atoms with E-state index >= 15 is 4.79 Å². The first kappa shape index (κ1) is 50.1. The second kappa shape index (κ2) is 17.0. The Bertz CT molecular complexity index is 3800. The van der Waals surface area contributed by atoms with Crippen molar-refractivity contribution in [2.45, 2.75) is 30.5 Å². The maximum atomic E-state index is 15.4. The highest BCUT2D eigenvalue weighted by molar-refractivity contribution is 6.16. The largest absolute Gasteiger partial charge is 0.504 e. The third-order valence-corrected chi connectivity index (χ3v) is 13.0. The number of carbonyl (C=O) groups is 6. The lowest BCUT2D eigenvalue weighted by molar-refractivity contribution is -0.155. The smallest absolute Gasteiger partial charge is 0.340 e. The van der Waals surface area contributed by atoms with Gasteiger partial charge in [0, 0.05) is 33.4 Å². The van der Waals surface area contributed by atoms with Gasteiger partial charge >= 0.3 is 35.8 Å². The molecule has 0 saturated heterocycles. The quantitative estimate of drug-likeness (QED) is 0.0672. The van der Waals surface area contributed by atoms with Gasteiger partial charge in [0.1, 0.15) is 6.61 Å². The molecule has 18 N–H and O–H groups in total. The van der Waals surface area contributed by atoms with Crippen molar-refractivity contribution in [1.82, 2.24) is 0 Å². The SMILES string of the molecule is O=C(O[C@H]1c2c(O)c(O)c(O)c3c2C(=O)O[C@@H]1[C@H]1OC(=O)c2c(c(O)c(O)c(O)c2-3)-c2c(cc(O)c(O)c2O)C(=O)O[C@@H]2COC(=O)c3cc(O)c(O)c(O)c3-c3c(cc(O)c(O)c3O)C(=O)O[C@@H]12)c1cc(O)c(O)c(O)c1. The third kappa shape index (κ3) is 6.96. The zero-order valence-corrected chi connectivity index (χ0v) is 37.9. The first-order valence-corrected chi connectivity index (χ1v) is 21.6. The van der Waals surface area contributed by atoms with Crippen molar-refractivity contribution < 1.29 is 149 Å². The first-order valence-electron chi connectivity index (χ1n) is 21.6. The van der Waals surface area contributed by atoms with E-state index in [2.05, 4.69) is 0 Å². The van der Waals surface area contributed by atoms with Gasteiger partial charge < -0.3 is 120 Å². The van der Waals surface area contributed by atoms with Crippen molar-refractivity contribution in [3.8, 4) is 137 Å². The highest BCUT2D eigenvalue weighted by atomic mass is 16.7. The van der Waals surface area contributed by atoms with Crippen molar-refractivity contribution in [3.05, 3.63) is 69.3 Å². The second-order valence-electron chi connectivity index (χ2n) is 17.3. The van der Waals surface area contributed by atoms with Crippen LogP contribution in [-0.4, -0.2) is 159 Å². The molecule has 4 bridgehead atoms. The van der Waals surface area contributed by atoms with E-state index in [-0.39, 0.29) is 12.1 Å². The summed E-state index contributed by atoms with van der Waals surface area (Å²) in [7, 11) is 0. The fourth-order valence-electron chi connectivity index (χ4n) is 9.40. The lowest BCUT2D eigenvalue weighted by Gasteiger charge is -2.41. The minimum atomic E-state index is -3.02. The Hall–Kier alpha value is -11.5. The van der Waals surface area contributed by atoms with E-state index in [4.69, 9.17) is 28.4 Å². The molecule has 0 unspecified atom stereocenters. The number of carbonyl (C=O) groups excluding carboxylic acids is 6. The van der Waals surface area contributed by atoms with Gasteiger partial charge in [0.05, 0.1) is 38.9 Å². The van der Waals surface area contributed by atoms with Gasteiger partial charge in [-0.3, -0.25) is 0 Å². The van der Waals surface area contributed by atoms with Crippen LogP contribution in [0, 0.1) is 0 Å². The molecule has 402 valence electrons. The Morgan fingerprint density at radius 1 is 0.359 bits per heavy atom. The summed E-state index contributed by atoms with van der Waals surface area (Å²) >= 11 is 0. The molecule has 30 nitrogen and oxygen atoms in total. The van der Waals surface area contributed by atoms with Gasteiger partial charge in [-0.2, -0.15) is 0 Å². The number of phenolic OH excluding ortho intramolecular Hbond substituents is 18. The van der Waals surface area contributed by atoms with Crippen LogP contribution in [-0.2, 0) is 28.4 Å². The zero-order valence-electron chi connectivity index (χ0n) is 37.9. The van der Waals surface area contributed by atoms with Crippen LogP contribution < -0.4 is 0 Å². The van der Waals surface area contributed by atoms with Crippen LogP contribution in [0.4, 0.5) is 0 Å². The summed E-state index contributed by atoms with van der Waals surface area (Å²) in [6, 6.07) is 1.86. The van der Waals surface area contributed by atoms with Crippen LogP contribution in [0.1, 0.15) is 73.8 Å². The molecule has 4 heterocycles. The van der Waals surface area contributed by atoms with E-state index in [0.29, 0.717) is 18.2 Å². The Morgan fingerprint density at radius 3 is 1.24 bits per heavy atom. The van der Waals surface area contributed by atoms with Crippen LogP contribution in [0.15, 0.2) is 30.3 Å². The molecule has 0 aromatic heterocycles. The molecule has 78 heavy (non-hydrogen) atoms. The molecule has 6 aromatic carbocycles. The van der Waals surface area contributed by atoms with Gasteiger partial charge in [0.15, 0.2) is 105 Å². The van der Waals surface area contributed by atoms with Gasteiger partial charge in [-0.15, -0.1) is 0 Å². The minimum Gasteiger partial charge on any atom is -0.504 e. The summed E-state index contributed by atoms with van der Waals surface area (Å²) in [5.41, 5.74) is -17.1. The lowest BCUT2D eigenvalue weighted by Crippen LogP contribution is -2.56. The Labute approximate surface area is 427 Å². The normalized spacial score (nSPS) is 19.2. The molecule has 0 amide bonds. The molecule has 0 fully saturated rings. The fourth-order valence-corrected chi connectivity index (χ4v) is 9.40. The summed E-state index contributed by atoms with van der Waals surface area (Å²) in [5.74, 6) is -39.3. The Balaban J connectivity index is 1.36. The molecule has 10 rings (SSSR count). The highest BCUT2D eigenvalue weighted by Crippen LogP contribution is 2.62. The number of rotatable bonds is 2. The van der Waals surface area contributed by atoms with Crippen LogP contribution >= 0.6 is 0 Å². The van der Waals surface area contributed by atoms with Crippen molar-refractivity contribution in [2.24, 2.45) is 0 Å². The molecule has 0 aliphatic carbocycles. The van der Waals surface area contributed by atoms with E-state index < -0.39 is 249 Å². The monoisotopic (exact) mass is 1090 g/mol. The molecule has 6 aromatic rings. The molecule has 5 atom stereocenters. The van der Waals surface area contributed by atoms with Gasteiger partial charge in [-0.1, -0.05) is 0 Å². The Morgan fingerprint density at radius 2 is 0.731 bits per heavy atom. The number of hydrogen-bond acceptors (Lipinski definition) is 30. The van der Waals surface area contributed by atoms with Crippen molar-refractivity contribution in [3.63, 3.8) is 0 Å². The van der Waals surface area contributed by atoms with E-state index in [1.807, 2.05) is 0 Å². The number of ether oxygens (including phenoxy) is 6. The molecule has 30 heteroatoms. The van der Waals surface area contributed by atoms with Gasteiger partial charge in [0.2, 0.25) is 28.7 Å². The summed E-state index contributed by atoms with van der Waals surface area (Å²) in [5, 5.41) is 199. The number of aromatic hydroxyl groups is 18. The molecule has 0 radical (unpaired) electrons. The second-order valence-corrected chi connectivity index (χ2v) is 17.3. The number of phenols is 18. The molecular weight excluding hydrogens is 1060 g/mol. The number of cyclic esters (lactones) is 1. The van der Waals surface area contributed by atoms with Crippen LogP contribution in [0.3, 0.4) is 0 Å². The van der Waals surface area contributed by atoms with E-state index in [0.717, 1.165) is 0 Å². The van der Waals surface area contributed by atoms with E-state index in [1.54, 1.807) is 0 Å². The van der Waals surface area contributed by atoms with Crippen molar-refractivity contribution in [1.29, 1.82) is 0 Å². The topological polar surface area (TPSA) is 522 Å². The summed E-state index contributed by atoms with van der Waals surface area (Å²) < 4.78 is 34.1. The van der Waals surface area contributed by atoms with Crippen molar-refractivity contribution >= 4 is 35.8 Å². The molecule has 0 spiro atoms. The predicted octanol–water partition coefficient (Wildman–Crippen LogP) is 2.30. The first-order chi connectivity index (χ1) is 36.7. The number of esters is 6. The average molecular weight is 1090 g/mol. The predicted molar refractivity (Wildman–Crippen MR) is 241 cm³/mol. The highest BCUT2D eigenvalue weighted by Gasteiger charge is 2.57. The maximum Gasteiger partial charge on any atom is 0.340 e.